The first-order valence-electron chi connectivity index (χ1n) is 6.96. The van der Waals surface area contributed by atoms with Gasteiger partial charge in [0.15, 0.2) is 4.32 Å². The van der Waals surface area contributed by atoms with Crippen LogP contribution in [0.25, 0.3) is 6.08 Å². The number of carbonyl (C=O) groups is 1. The van der Waals surface area contributed by atoms with Crippen LogP contribution in [0.3, 0.4) is 0 Å². The molecule has 26 heavy (non-hydrogen) atoms. The van der Waals surface area contributed by atoms with E-state index in [0.717, 1.165) is 34.9 Å². The van der Waals surface area contributed by atoms with Crippen LogP contribution < -0.4 is 10.0 Å². The van der Waals surface area contributed by atoms with Gasteiger partial charge in [-0.2, -0.15) is 0 Å². The molecule has 1 aliphatic rings. The fraction of sp³-hybridized carbons (Fsp3) is 0. The number of thiocarbonyl (C=S) groups is 1. The number of non-ortho nitro benzene ring substituents is 1. The molecule has 2 aromatic carbocycles. The summed E-state index contributed by atoms with van der Waals surface area (Å²) in [6.45, 7) is 0. The zero-order valence-electron chi connectivity index (χ0n) is 12.6. The molecule has 0 saturated carbocycles. The lowest BCUT2D eigenvalue weighted by Crippen LogP contribution is -2.27. The largest absolute Gasteiger partial charge is 0.871 e. The minimum atomic E-state index is -0.639. The fourth-order valence-corrected chi connectivity index (χ4v) is 4.01. The van der Waals surface area contributed by atoms with Gasteiger partial charge in [0, 0.05) is 16.6 Å². The number of hydrogen-bond donors (Lipinski definition) is 0. The number of thioether (sulfide) groups is 1. The van der Waals surface area contributed by atoms with Crippen molar-refractivity contribution in [2.24, 2.45) is 0 Å². The number of halogens is 2. The smallest absolute Gasteiger partial charge is 0.271 e. The van der Waals surface area contributed by atoms with Crippen LogP contribution in [0.1, 0.15) is 5.56 Å². The van der Waals surface area contributed by atoms with Gasteiger partial charge in [0.1, 0.15) is 5.82 Å². The lowest BCUT2D eigenvalue weighted by atomic mass is 10.1. The third kappa shape index (κ3) is 3.48. The summed E-state index contributed by atoms with van der Waals surface area (Å²) < 4.78 is 13.6. The number of nitro groups is 1. The molecule has 1 amide bonds. The van der Waals surface area contributed by atoms with E-state index in [1.807, 2.05) is 0 Å². The number of benzene rings is 2. The van der Waals surface area contributed by atoms with E-state index in [4.69, 9.17) is 12.2 Å². The van der Waals surface area contributed by atoms with Crippen molar-refractivity contribution >= 4 is 67.6 Å². The molecule has 0 aromatic heterocycles. The van der Waals surface area contributed by atoms with Gasteiger partial charge in [0.05, 0.1) is 15.5 Å². The first-order valence-corrected chi connectivity index (χ1v) is 8.98. The topological polar surface area (TPSA) is 86.5 Å². The van der Waals surface area contributed by atoms with E-state index in [-0.39, 0.29) is 30.6 Å². The summed E-state index contributed by atoms with van der Waals surface area (Å²) in [7, 11) is 0. The number of hydrogen-bond acceptors (Lipinski definition) is 6. The molecule has 0 unspecified atom stereocenters. The van der Waals surface area contributed by atoms with Crippen molar-refractivity contribution < 1.29 is 19.2 Å². The Labute approximate surface area is 164 Å². The number of amides is 1. The molecule has 6 nitrogen and oxygen atoms in total. The van der Waals surface area contributed by atoms with E-state index < -0.39 is 22.4 Å². The maximum atomic E-state index is 13.4. The predicted molar refractivity (Wildman–Crippen MR) is 102 cm³/mol. The van der Waals surface area contributed by atoms with E-state index in [1.165, 1.54) is 24.3 Å². The highest BCUT2D eigenvalue weighted by atomic mass is 79.9. The molecule has 0 radical (unpaired) electrons. The molecule has 0 aliphatic carbocycles. The lowest BCUT2D eigenvalue weighted by molar-refractivity contribution is -0.385. The number of anilines is 1. The van der Waals surface area contributed by atoms with Crippen LogP contribution >= 0.6 is 39.9 Å². The van der Waals surface area contributed by atoms with Gasteiger partial charge in [0.2, 0.25) is 0 Å². The van der Waals surface area contributed by atoms with Gasteiger partial charge in [0.25, 0.3) is 11.6 Å². The monoisotopic (exact) mass is 453 g/mol. The molecule has 0 atom stereocenters. The van der Waals surface area contributed by atoms with Crippen LogP contribution in [-0.4, -0.2) is 15.2 Å². The molecule has 1 heterocycles. The normalized spacial score (nSPS) is 15.8. The van der Waals surface area contributed by atoms with E-state index in [0.29, 0.717) is 0 Å². The van der Waals surface area contributed by atoms with E-state index in [9.17, 15) is 24.4 Å². The molecule has 1 aliphatic heterocycles. The predicted octanol–water partition coefficient (Wildman–Crippen LogP) is 3.98. The minimum absolute atomic E-state index is 0.0126. The van der Waals surface area contributed by atoms with Crippen molar-refractivity contribution in [3.8, 4) is 5.75 Å². The number of carbonyl (C=O) groups excluding carboxylic acids is 1. The Morgan fingerprint density at radius 2 is 2.04 bits per heavy atom. The fourth-order valence-electron chi connectivity index (χ4n) is 2.26. The second-order valence-electron chi connectivity index (χ2n) is 5.10. The molecule has 0 N–H and O–H groups in total. The quantitative estimate of drug-likeness (QED) is 0.302. The Balaban J connectivity index is 2.02. The Morgan fingerprint density at radius 3 is 2.69 bits per heavy atom. The van der Waals surface area contributed by atoms with Gasteiger partial charge >= 0.3 is 0 Å². The van der Waals surface area contributed by atoms with Gasteiger partial charge in [-0.15, -0.1) is 0 Å². The Morgan fingerprint density at radius 1 is 1.31 bits per heavy atom. The minimum Gasteiger partial charge on any atom is -0.871 e. The van der Waals surface area contributed by atoms with Gasteiger partial charge in [-0.1, -0.05) is 51.7 Å². The maximum Gasteiger partial charge on any atom is 0.271 e. The first kappa shape index (κ1) is 18.5. The second kappa shape index (κ2) is 7.14. The Kier molecular flexibility index (Phi) is 5.08. The SMILES string of the molecule is O=C1/C(=C/c2cc([N+](=O)[O-])cc(Br)c2[O-])SC(=S)N1c1cccc(F)c1. The number of nitro benzene ring substituents is 1. The summed E-state index contributed by atoms with van der Waals surface area (Å²) in [5.41, 5.74) is -0.0485. The van der Waals surface area contributed by atoms with E-state index in [2.05, 4.69) is 15.9 Å². The molecule has 1 fully saturated rings. The molecule has 0 bridgehead atoms. The molecular weight excluding hydrogens is 447 g/mol. The highest BCUT2D eigenvalue weighted by Crippen LogP contribution is 2.38. The standard InChI is InChI=1S/C16H8BrFN2O4S2/c17-12-7-11(20(23)24)4-8(14(12)21)5-13-15(22)19(16(25)26-13)10-3-1-2-9(18)6-10/h1-7,21H/p-1/b13-5-. The number of rotatable bonds is 3. The summed E-state index contributed by atoms with van der Waals surface area (Å²) in [6, 6.07) is 7.55. The highest BCUT2D eigenvalue weighted by molar-refractivity contribution is 9.10. The maximum absolute atomic E-state index is 13.4. The van der Waals surface area contributed by atoms with Crippen molar-refractivity contribution in [3.63, 3.8) is 0 Å². The van der Waals surface area contributed by atoms with Crippen LogP contribution in [0.2, 0.25) is 0 Å². The average molecular weight is 454 g/mol. The highest BCUT2D eigenvalue weighted by Gasteiger charge is 2.33. The third-order valence-corrected chi connectivity index (χ3v) is 5.31. The first-order chi connectivity index (χ1) is 12.3. The zero-order valence-corrected chi connectivity index (χ0v) is 15.9. The van der Waals surface area contributed by atoms with Crippen molar-refractivity contribution in [3.05, 3.63) is 67.3 Å². The van der Waals surface area contributed by atoms with Crippen molar-refractivity contribution in [2.45, 2.75) is 0 Å². The van der Waals surface area contributed by atoms with Crippen molar-refractivity contribution in [1.82, 2.24) is 0 Å². The average Bonchev–Trinajstić information content (AvgIpc) is 2.85. The van der Waals surface area contributed by atoms with Crippen molar-refractivity contribution in [1.29, 1.82) is 0 Å². The van der Waals surface area contributed by atoms with Crippen LogP contribution in [0, 0.1) is 15.9 Å². The van der Waals surface area contributed by atoms with Crippen LogP contribution in [0.4, 0.5) is 15.8 Å². The molecule has 2 aromatic rings. The third-order valence-electron chi connectivity index (χ3n) is 3.41. The summed E-state index contributed by atoms with van der Waals surface area (Å²) in [5, 5.41) is 23.1. The van der Waals surface area contributed by atoms with E-state index >= 15 is 0 Å². The molecule has 0 spiro atoms. The molecule has 3 rings (SSSR count). The Bertz CT molecular complexity index is 996. The number of nitrogens with zero attached hydrogens (tertiary/aromatic N) is 2. The zero-order chi connectivity index (χ0) is 19.0. The van der Waals surface area contributed by atoms with Gasteiger partial charge in [-0.3, -0.25) is 19.8 Å². The molecule has 1 saturated heterocycles. The van der Waals surface area contributed by atoms with Gasteiger partial charge < -0.3 is 5.11 Å². The summed E-state index contributed by atoms with van der Waals surface area (Å²) >= 11 is 9.08. The van der Waals surface area contributed by atoms with Crippen LogP contribution in [0.15, 0.2) is 45.8 Å². The molecular formula is C16H7BrFN2O4S2-. The molecule has 10 heteroatoms. The van der Waals surface area contributed by atoms with Crippen molar-refractivity contribution in [2.75, 3.05) is 4.90 Å². The molecule has 132 valence electrons. The summed E-state index contributed by atoms with van der Waals surface area (Å²) in [6.07, 6.45) is 1.25. The Hall–Kier alpha value is -2.30. The summed E-state index contributed by atoms with van der Waals surface area (Å²) in [4.78, 5) is 24.2. The van der Waals surface area contributed by atoms with Gasteiger partial charge in [-0.25, -0.2) is 4.39 Å². The van der Waals surface area contributed by atoms with Gasteiger partial charge in [-0.05, 0) is 29.8 Å². The van der Waals surface area contributed by atoms with Crippen LogP contribution in [-0.2, 0) is 4.79 Å². The lowest BCUT2D eigenvalue weighted by Gasteiger charge is -2.14. The second-order valence-corrected chi connectivity index (χ2v) is 7.63. The van der Waals surface area contributed by atoms with Crippen LogP contribution in [0.5, 0.6) is 5.75 Å². The van der Waals surface area contributed by atoms with E-state index in [1.54, 1.807) is 0 Å². The summed E-state index contributed by atoms with van der Waals surface area (Å²) in [5.74, 6) is -1.55.